The van der Waals surface area contributed by atoms with Gasteiger partial charge in [0.25, 0.3) is 0 Å². The molecular formula is C19H18ClNO3S. The molecule has 6 heteroatoms. The molecule has 130 valence electrons. The highest BCUT2D eigenvalue weighted by molar-refractivity contribution is 7.92. The molecular weight excluding hydrogens is 358 g/mol. The van der Waals surface area contributed by atoms with E-state index in [1.54, 1.807) is 0 Å². The molecule has 2 aromatic carbocycles. The summed E-state index contributed by atoms with van der Waals surface area (Å²) in [5.74, 6) is -0.547. The van der Waals surface area contributed by atoms with Gasteiger partial charge >= 0.3 is 0 Å². The Balaban J connectivity index is 2.04. The Morgan fingerprint density at radius 1 is 1.16 bits per heavy atom. The first-order valence-electron chi connectivity index (χ1n) is 8.01. The number of rotatable bonds is 5. The van der Waals surface area contributed by atoms with Crippen LogP contribution in [0, 0.1) is 16.7 Å². The summed E-state index contributed by atoms with van der Waals surface area (Å²) in [6, 6.07) is 15.5. The quantitative estimate of drug-likeness (QED) is 0.869. The molecule has 1 aliphatic carbocycles. The Morgan fingerprint density at radius 2 is 1.76 bits per heavy atom. The average Bonchev–Trinajstić information content (AvgIpc) is 3.33. The largest absolute Gasteiger partial charge is 0.395 e. The van der Waals surface area contributed by atoms with Crippen LogP contribution in [0.1, 0.15) is 24.0 Å². The molecule has 0 unspecified atom stereocenters. The zero-order chi connectivity index (χ0) is 18.2. The van der Waals surface area contributed by atoms with Crippen LogP contribution < -0.4 is 0 Å². The zero-order valence-corrected chi connectivity index (χ0v) is 15.3. The van der Waals surface area contributed by atoms with Crippen LogP contribution in [0.15, 0.2) is 53.4 Å². The van der Waals surface area contributed by atoms with E-state index in [0.717, 1.165) is 17.5 Å². The molecule has 0 amide bonds. The molecule has 0 bridgehead atoms. The summed E-state index contributed by atoms with van der Waals surface area (Å²) in [5.41, 5.74) is 0.579. The third-order valence-corrected chi connectivity index (χ3v) is 7.49. The van der Waals surface area contributed by atoms with Crippen molar-refractivity contribution in [3.63, 3.8) is 0 Å². The van der Waals surface area contributed by atoms with Crippen LogP contribution in [-0.4, -0.2) is 25.4 Å². The first kappa shape index (κ1) is 17.9. The smallest absolute Gasteiger partial charge is 0.183 e. The summed E-state index contributed by atoms with van der Waals surface area (Å²) in [6.07, 6.45) is 0.876. The van der Waals surface area contributed by atoms with Gasteiger partial charge in [0.1, 0.15) is 5.41 Å². The van der Waals surface area contributed by atoms with Crippen molar-refractivity contribution in [3.8, 4) is 6.07 Å². The zero-order valence-electron chi connectivity index (χ0n) is 13.7. The van der Waals surface area contributed by atoms with Crippen LogP contribution in [0.4, 0.5) is 0 Å². The van der Waals surface area contributed by atoms with Crippen molar-refractivity contribution in [1.29, 1.82) is 5.26 Å². The van der Waals surface area contributed by atoms with Gasteiger partial charge in [-0.25, -0.2) is 8.42 Å². The Kier molecular flexibility index (Phi) is 4.63. The van der Waals surface area contributed by atoms with Crippen LogP contribution in [0.5, 0.6) is 0 Å². The lowest BCUT2D eigenvalue weighted by molar-refractivity contribution is 0.242. The molecule has 2 aromatic rings. The highest BCUT2D eigenvalue weighted by Gasteiger charge is 2.72. The van der Waals surface area contributed by atoms with E-state index < -0.39 is 33.0 Å². The number of halogens is 1. The molecule has 3 rings (SSSR count). The van der Waals surface area contributed by atoms with Crippen molar-refractivity contribution >= 4 is 21.4 Å². The van der Waals surface area contributed by atoms with Gasteiger partial charge in [-0.3, -0.25) is 0 Å². The van der Waals surface area contributed by atoms with Crippen molar-refractivity contribution in [2.75, 3.05) is 6.61 Å². The molecule has 25 heavy (non-hydrogen) atoms. The highest BCUT2D eigenvalue weighted by atomic mass is 35.5. The summed E-state index contributed by atoms with van der Waals surface area (Å²) >= 11 is 5.83. The second kappa shape index (κ2) is 6.45. The molecule has 1 aliphatic rings. The molecule has 1 fully saturated rings. The lowest BCUT2D eigenvalue weighted by Gasteiger charge is -2.06. The van der Waals surface area contributed by atoms with Crippen molar-refractivity contribution in [2.45, 2.75) is 29.4 Å². The van der Waals surface area contributed by atoms with E-state index in [1.165, 1.54) is 24.3 Å². The lowest BCUT2D eigenvalue weighted by Crippen LogP contribution is -2.18. The van der Waals surface area contributed by atoms with Crippen molar-refractivity contribution in [2.24, 2.45) is 5.41 Å². The molecule has 0 heterocycles. The molecule has 0 saturated heterocycles. The topological polar surface area (TPSA) is 78.2 Å². The van der Waals surface area contributed by atoms with E-state index in [9.17, 15) is 18.8 Å². The number of aliphatic hydroxyl groups is 1. The van der Waals surface area contributed by atoms with Crippen LogP contribution in [0.25, 0.3) is 0 Å². The Bertz CT molecular complexity index is 917. The van der Waals surface area contributed by atoms with Gasteiger partial charge in [-0.2, -0.15) is 5.26 Å². The first-order chi connectivity index (χ1) is 11.9. The Labute approximate surface area is 152 Å². The molecule has 3 atom stereocenters. The van der Waals surface area contributed by atoms with Gasteiger partial charge in [0.15, 0.2) is 9.84 Å². The minimum Gasteiger partial charge on any atom is -0.395 e. The minimum absolute atomic E-state index is 0.114. The number of aryl methyl sites for hydroxylation is 1. The SMILES string of the molecule is CCc1ccc([C@H]2[C@H](S(=O)(=O)c3ccc(Cl)cc3)[C@@]2(C#N)CO)cc1. The minimum atomic E-state index is -3.77. The van der Waals surface area contributed by atoms with Gasteiger partial charge in [0.2, 0.25) is 0 Å². The Hall–Kier alpha value is -1.87. The molecule has 0 aliphatic heterocycles. The van der Waals surface area contributed by atoms with Crippen LogP contribution in [-0.2, 0) is 16.3 Å². The monoisotopic (exact) mass is 375 g/mol. The van der Waals surface area contributed by atoms with Gasteiger partial charge in [-0.15, -0.1) is 0 Å². The number of nitriles is 1. The number of sulfone groups is 1. The van der Waals surface area contributed by atoms with Crippen LogP contribution in [0.2, 0.25) is 5.02 Å². The molecule has 1 N–H and O–H groups in total. The van der Waals surface area contributed by atoms with Gasteiger partial charge < -0.3 is 5.11 Å². The van der Waals surface area contributed by atoms with Crippen LogP contribution >= 0.6 is 11.6 Å². The second-order valence-electron chi connectivity index (χ2n) is 6.30. The predicted octanol–water partition coefficient (Wildman–Crippen LogP) is 3.34. The number of aliphatic hydroxyl groups excluding tert-OH is 1. The summed E-state index contributed by atoms with van der Waals surface area (Å²) in [6.45, 7) is 1.54. The van der Waals surface area contributed by atoms with Crippen molar-refractivity contribution in [3.05, 3.63) is 64.7 Å². The van der Waals surface area contributed by atoms with Gasteiger partial charge in [-0.05, 0) is 41.8 Å². The maximum atomic E-state index is 13.0. The number of benzene rings is 2. The lowest BCUT2D eigenvalue weighted by atomic mass is 10.00. The fraction of sp³-hybridized carbons (Fsp3) is 0.316. The number of hydrogen-bond donors (Lipinski definition) is 1. The van der Waals surface area contributed by atoms with E-state index >= 15 is 0 Å². The number of nitrogens with zero attached hydrogens (tertiary/aromatic N) is 1. The third kappa shape index (κ3) is 2.85. The molecule has 4 nitrogen and oxygen atoms in total. The maximum absolute atomic E-state index is 13.0. The fourth-order valence-corrected chi connectivity index (χ4v) is 5.86. The summed E-state index contributed by atoms with van der Waals surface area (Å²) < 4.78 is 26.1. The van der Waals surface area contributed by atoms with Gasteiger partial charge in [0.05, 0.1) is 22.8 Å². The van der Waals surface area contributed by atoms with Crippen LogP contribution in [0.3, 0.4) is 0 Å². The normalized spacial score (nSPS) is 25.4. The molecule has 0 aromatic heterocycles. The molecule has 0 spiro atoms. The second-order valence-corrected chi connectivity index (χ2v) is 8.81. The third-order valence-electron chi connectivity index (χ3n) is 4.95. The summed E-state index contributed by atoms with van der Waals surface area (Å²) in [5, 5.41) is 18.9. The molecule has 1 saturated carbocycles. The first-order valence-corrected chi connectivity index (χ1v) is 9.93. The summed E-state index contributed by atoms with van der Waals surface area (Å²) in [4.78, 5) is 0.114. The van der Waals surface area contributed by atoms with E-state index in [1.807, 2.05) is 31.2 Å². The van der Waals surface area contributed by atoms with Gasteiger partial charge in [0, 0.05) is 10.9 Å². The highest BCUT2D eigenvalue weighted by Crippen LogP contribution is 2.63. The predicted molar refractivity (Wildman–Crippen MR) is 96.1 cm³/mol. The van der Waals surface area contributed by atoms with E-state index in [-0.39, 0.29) is 4.90 Å². The van der Waals surface area contributed by atoms with E-state index in [4.69, 9.17) is 11.6 Å². The summed E-state index contributed by atoms with van der Waals surface area (Å²) in [7, 11) is -3.77. The average molecular weight is 376 g/mol. The number of hydrogen-bond acceptors (Lipinski definition) is 4. The van der Waals surface area contributed by atoms with Gasteiger partial charge in [-0.1, -0.05) is 42.8 Å². The van der Waals surface area contributed by atoms with E-state index in [0.29, 0.717) is 5.02 Å². The van der Waals surface area contributed by atoms with E-state index in [2.05, 4.69) is 6.07 Å². The van der Waals surface area contributed by atoms with Crippen molar-refractivity contribution in [1.82, 2.24) is 0 Å². The molecule has 0 radical (unpaired) electrons. The maximum Gasteiger partial charge on any atom is 0.183 e. The van der Waals surface area contributed by atoms with Crippen molar-refractivity contribution < 1.29 is 13.5 Å². The standard InChI is InChI=1S/C19H18ClNO3S/c1-2-13-3-5-14(6-4-13)17-18(19(17,11-21)12-22)25(23,24)16-9-7-15(20)8-10-16/h3-10,17-18,22H,2,12H2,1H3/t17-,18-,19-/m0/s1. The Morgan fingerprint density at radius 3 is 2.24 bits per heavy atom. The fourth-order valence-electron chi connectivity index (χ4n) is 3.42.